The Morgan fingerprint density at radius 3 is 2.52 bits per heavy atom. The SMILES string of the molecule is N#Cc1nc(COc2ccc(Br)cc2)oc1N1CC[NH+](Cc2ccccc2)CC1. The van der Waals surface area contributed by atoms with E-state index in [2.05, 4.69) is 56.1 Å². The van der Waals surface area contributed by atoms with Crippen molar-refractivity contribution in [1.82, 2.24) is 4.98 Å². The predicted octanol–water partition coefficient (Wildman–Crippen LogP) is 2.79. The lowest BCUT2D eigenvalue weighted by Crippen LogP contribution is -3.13. The molecular weight excluding hydrogens is 432 g/mol. The van der Waals surface area contributed by atoms with Crippen LogP contribution in [0.2, 0.25) is 0 Å². The third-order valence-corrected chi connectivity index (χ3v) is 5.52. The van der Waals surface area contributed by atoms with E-state index >= 15 is 0 Å². The van der Waals surface area contributed by atoms with Crippen LogP contribution >= 0.6 is 15.9 Å². The number of nitrogens with one attached hydrogen (secondary N) is 1. The molecule has 0 spiro atoms. The minimum Gasteiger partial charge on any atom is -0.484 e. The Morgan fingerprint density at radius 2 is 1.83 bits per heavy atom. The zero-order valence-corrected chi connectivity index (χ0v) is 17.6. The van der Waals surface area contributed by atoms with Crippen LogP contribution in [0.3, 0.4) is 0 Å². The third-order valence-electron chi connectivity index (χ3n) is 4.99. The predicted molar refractivity (Wildman–Crippen MR) is 113 cm³/mol. The van der Waals surface area contributed by atoms with Gasteiger partial charge >= 0.3 is 0 Å². The van der Waals surface area contributed by atoms with Gasteiger partial charge in [0, 0.05) is 10.0 Å². The third kappa shape index (κ3) is 4.97. The largest absolute Gasteiger partial charge is 0.484 e. The van der Waals surface area contributed by atoms with Crippen LogP contribution in [0.5, 0.6) is 5.75 Å². The number of anilines is 1. The quantitative estimate of drug-likeness (QED) is 0.621. The maximum atomic E-state index is 9.47. The van der Waals surface area contributed by atoms with Crippen molar-refractivity contribution in [2.45, 2.75) is 13.2 Å². The van der Waals surface area contributed by atoms with Crippen molar-refractivity contribution in [2.75, 3.05) is 31.1 Å². The van der Waals surface area contributed by atoms with Crippen LogP contribution in [0.25, 0.3) is 0 Å². The first kappa shape index (κ1) is 19.5. The fourth-order valence-corrected chi connectivity index (χ4v) is 3.73. The van der Waals surface area contributed by atoms with Gasteiger partial charge in [0.05, 0.1) is 26.2 Å². The van der Waals surface area contributed by atoms with Gasteiger partial charge in [-0.15, -0.1) is 0 Å². The van der Waals surface area contributed by atoms with Crippen molar-refractivity contribution in [3.8, 4) is 11.8 Å². The fourth-order valence-electron chi connectivity index (χ4n) is 3.47. The Kier molecular flexibility index (Phi) is 6.13. The summed E-state index contributed by atoms with van der Waals surface area (Å²) in [5.41, 5.74) is 1.67. The zero-order valence-electron chi connectivity index (χ0n) is 16.0. The molecule has 29 heavy (non-hydrogen) atoms. The van der Waals surface area contributed by atoms with E-state index in [1.807, 2.05) is 30.3 Å². The Hall–Kier alpha value is -2.82. The highest BCUT2D eigenvalue weighted by atomic mass is 79.9. The molecule has 1 fully saturated rings. The summed E-state index contributed by atoms with van der Waals surface area (Å²) in [6.45, 7) is 4.85. The Labute approximate surface area is 178 Å². The second-order valence-corrected chi connectivity index (χ2v) is 7.93. The highest BCUT2D eigenvalue weighted by Crippen LogP contribution is 2.23. The van der Waals surface area contributed by atoms with Gasteiger partial charge in [-0.2, -0.15) is 10.2 Å². The number of hydrogen-bond donors (Lipinski definition) is 1. The lowest BCUT2D eigenvalue weighted by atomic mass is 10.2. The number of aromatic nitrogens is 1. The summed E-state index contributed by atoms with van der Waals surface area (Å²) >= 11 is 3.40. The van der Waals surface area contributed by atoms with Crippen molar-refractivity contribution in [2.24, 2.45) is 0 Å². The number of benzene rings is 2. The fraction of sp³-hybridized carbons (Fsp3) is 0.273. The molecule has 0 bridgehead atoms. The molecule has 2 heterocycles. The van der Waals surface area contributed by atoms with E-state index in [0.29, 0.717) is 17.5 Å². The maximum absolute atomic E-state index is 9.47. The Morgan fingerprint density at radius 1 is 1.10 bits per heavy atom. The Balaban J connectivity index is 1.36. The first-order valence-electron chi connectivity index (χ1n) is 9.62. The number of halogens is 1. The number of piperazine rings is 1. The molecule has 1 aliphatic rings. The number of nitriles is 1. The molecule has 0 radical (unpaired) electrons. The van der Waals surface area contributed by atoms with Crippen LogP contribution in [0.1, 0.15) is 17.1 Å². The first-order chi connectivity index (χ1) is 14.2. The first-order valence-corrected chi connectivity index (χ1v) is 10.4. The van der Waals surface area contributed by atoms with Crippen molar-refractivity contribution >= 4 is 21.8 Å². The van der Waals surface area contributed by atoms with Gasteiger partial charge in [-0.3, -0.25) is 0 Å². The Bertz CT molecular complexity index is 974. The molecule has 4 rings (SSSR count). The molecule has 148 valence electrons. The van der Waals surface area contributed by atoms with Gasteiger partial charge in [-0.05, 0) is 24.3 Å². The molecule has 0 saturated carbocycles. The van der Waals surface area contributed by atoms with Crippen LogP contribution in [0, 0.1) is 11.3 Å². The van der Waals surface area contributed by atoms with Crippen LogP contribution in [0.4, 0.5) is 5.88 Å². The van der Waals surface area contributed by atoms with Gasteiger partial charge in [0.25, 0.3) is 0 Å². The van der Waals surface area contributed by atoms with Crippen molar-refractivity contribution in [3.63, 3.8) is 0 Å². The average molecular weight is 454 g/mol. The summed E-state index contributed by atoms with van der Waals surface area (Å²) < 4.78 is 12.6. The molecule has 6 nitrogen and oxygen atoms in total. The molecule has 1 N–H and O–H groups in total. The molecule has 0 atom stereocenters. The number of nitrogens with zero attached hydrogens (tertiary/aromatic N) is 3. The highest BCUT2D eigenvalue weighted by Gasteiger charge is 2.26. The summed E-state index contributed by atoms with van der Waals surface area (Å²) in [5, 5.41) is 9.47. The van der Waals surface area contributed by atoms with Crippen molar-refractivity contribution in [1.29, 1.82) is 5.26 Å². The van der Waals surface area contributed by atoms with E-state index in [1.165, 1.54) is 10.5 Å². The number of ether oxygens (including phenoxy) is 1. The van der Waals surface area contributed by atoms with Crippen LogP contribution in [-0.4, -0.2) is 31.2 Å². The lowest BCUT2D eigenvalue weighted by molar-refractivity contribution is -0.914. The van der Waals surface area contributed by atoms with Crippen molar-refractivity contribution < 1.29 is 14.1 Å². The smallest absolute Gasteiger partial charge is 0.236 e. The van der Waals surface area contributed by atoms with Gasteiger partial charge in [-0.1, -0.05) is 46.3 Å². The summed E-state index contributed by atoms with van der Waals surface area (Å²) in [5.74, 6) is 1.70. The highest BCUT2D eigenvalue weighted by molar-refractivity contribution is 9.10. The molecule has 0 aliphatic carbocycles. The average Bonchev–Trinajstić information content (AvgIpc) is 3.18. The topological polar surface area (TPSA) is 66.7 Å². The van der Waals surface area contributed by atoms with E-state index in [4.69, 9.17) is 9.15 Å². The molecular formula is C22H22BrN4O2+. The van der Waals surface area contributed by atoms with Gasteiger partial charge in [0.1, 0.15) is 18.4 Å². The number of rotatable bonds is 6. The maximum Gasteiger partial charge on any atom is 0.236 e. The van der Waals surface area contributed by atoms with Gasteiger partial charge in [0.15, 0.2) is 6.61 Å². The van der Waals surface area contributed by atoms with Gasteiger partial charge in [-0.25, -0.2) is 0 Å². The van der Waals surface area contributed by atoms with Crippen LogP contribution in [0.15, 0.2) is 63.5 Å². The number of quaternary nitrogens is 1. The summed E-state index contributed by atoms with van der Waals surface area (Å²) in [4.78, 5) is 7.96. The minimum absolute atomic E-state index is 0.190. The van der Waals surface area contributed by atoms with E-state index < -0.39 is 0 Å². The molecule has 2 aromatic carbocycles. The van der Waals surface area contributed by atoms with Crippen LogP contribution in [-0.2, 0) is 13.2 Å². The molecule has 0 unspecified atom stereocenters. The summed E-state index contributed by atoms with van der Waals surface area (Å²) in [6, 6.07) is 20.3. The summed E-state index contributed by atoms with van der Waals surface area (Å²) in [6.07, 6.45) is 0. The molecule has 7 heteroatoms. The molecule has 1 saturated heterocycles. The van der Waals surface area contributed by atoms with Crippen molar-refractivity contribution in [3.05, 3.63) is 76.2 Å². The molecule has 0 amide bonds. The van der Waals surface area contributed by atoms with E-state index in [9.17, 15) is 5.26 Å². The normalized spacial score (nSPS) is 14.6. The molecule has 1 aromatic heterocycles. The number of hydrogen-bond acceptors (Lipinski definition) is 5. The van der Waals surface area contributed by atoms with Gasteiger partial charge < -0.3 is 19.0 Å². The monoisotopic (exact) mass is 453 g/mol. The minimum atomic E-state index is 0.190. The summed E-state index contributed by atoms with van der Waals surface area (Å²) in [7, 11) is 0. The lowest BCUT2D eigenvalue weighted by Gasteiger charge is -2.31. The van der Waals surface area contributed by atoms with Gasteiger partial charge in [0.2, 0.25) is 17.5 Å². The van der Waals surface area contributed by atoms with E-state index in [-0.39, 0.29) is 6.61 Å². The molecule has 3 aromatic rings. The van der Waals surface area contributed by atoms with E-state index in [0.717, 1.165) is 42.9 Å². The standard InChI is InChI=1S/C22H21BrN4O2/c23-18-6-8-19(9-7-18)28-16-21-25-20(14-24)22(29-21)27-12-10-26(11-13-27)15-17-4-2-1-3-5-17/h1-9H,10-13,15-16H2/p+1. The molecule has 1 aliphatic heterocycles. The second-order valence-electron chi connectivity index (χ2n) is 7.02. The second kappa shape index (κ2) is 9.12. The van der Waals surface area contributed by atoms with E-state index in [1.54, 1.807) is 0 Å². The zero-order chi connectivity index (χ0) is 20.1. The van der Waals surface area contributed by atoms with Crippen LogP contribution < -0.4 is 14.5 Å². The number of oxazole rings is 1.